The number of nitrogens with zero attached hydrogens (tertiary/aromatic N) is 2. The van der Waals surface area contributed by atoms with Crippen molar-refractivity contribution < 1.29 is 0 Å². The van der Waals surface area contributed by atoms with E-state index in [1.807, 2.05) is 0 Å². The SMILES string of the molecule is Nc1nc(=S)nc(CCCc2cccs2)[nH]1. The number of rotatable bonds is 4. The molecule has 16 heavy (non-hydrogen) atoms. The molecule has 0 fully saturated rings. The first-order valence-electron chi connectivity index (χ1n) is 4.99. The molecule has 0 saturated carbocycles. The van der Waals surface area contributed by atoms with Crippen LogP contribution < -0.4 is 5.73 Å². The molecule has 2 aromatic rings. The fourth-order valence-corrected chi connectivity index (χ4v) is 2.41. The predicted octanol–water partition coefficient (Wildman–Crippen LogP) is 2.35. The first-order valence-corrected chi connectivity index (χ1v) is 6.28. The van der Waals surface area contributed by atoms with Gasteiger partial charge in [0, 0.05) is 11.3 Å². The molecule has 0 amide bonds. The average molecular weight is 252 g/mol. The minimum atomic E-state index is 0.308. The quantitative estimate of drug-likeness (QED) is 0.820. The molecule has 0 unspecified atom stereocenters. The van der Waals surface area contributed by atoms with E-state index in [4.69, 9.17) is 18.0 Å². The maximum atomic E-state index is 5.55. The van der Waals surface area contributed by atoms with Crippen LogP contribution in [-0.2, 0) is 12.8 Å². The minimum absolute atomic E-state index is 0.308. The fourth-order valence-electron chi connectivity index (χ4n) is 1.45. The molecule has 0 aliphatic carbocycles. The largest absolute Gasteiger partial charge is 0.369 e. The number of H-pyrrole nitrogens is 1. The lowest BCUT2D eigenvalue weighted by atomic mass is 10.2. The lowest BCUT2D eigenvalue weighted by molar-refractivity contribution is 0.767. The average Bonchev–Trinajstić information content (AvgIpc) is 2.69. The lowest BCUT2D eigenvalue weighted by Crippen LogP contribution is -2.03. The normalized spacial score (nSPS) is 10.5. The van der Waals surface area contributed by atoms with Gasteiger partial charge in [-0.1, -0.05) is 6.07 Å². The minimum Gasteiger partial charge on any atom is -0.369 e. The van der Waals surface area contributed by atoms with Crippen LogP contribution in [0.4, 0.5) is 5.95 Å². The van der Waals surface area contributed by atoms with Crippen LogP contribution in [0.15, 0.2) is 17.5 Å². The molecule has 84 valence electrons. The van der Waals surface area contributed by atoms with E-state index in [1.165, 1.54) is 4.88 Å². The maximum Gasteiger partial charge on any atom is 0.224 e. The summed E-state index contributed by atoms with van der Waals surface area (Å²) in [5, 5.41) is 2.09. The van der Waals surface area contributed by atoms with Crippen LogP contribution >= 0.6 is 23.6 Å². The Morgan fingerprint density at radius 2 is 2.25 bits per heavy atom. The van der Waals surface area contributed by atoms with E-state index in [9.17, 15) is 0 Å². The molecule has 4 nitrogen and oxygen atoms in total. The summed E-state index contributed by atoms with van der Waals surface area (Å²) in [5.41, 5.74) is 5.55. The van der Waals surface area contributed by atoms with Crippen LogP contribution in [0.3, 0.4) is 0 Å². The zero-order chi connectivity index (χ0) is 11.4. The molecule has 2 heterocycles. The highest BCUT2D eigenvalue weighted by Gasteiger charge is 1.99. The molecule has 2 rings (SSSR count). The number of aryl methyl sites for hydroxylation is 2. The van der Waals surface area contributed by atoms with E-state index >= 15 is 0 Å². The number of hydrogen-bond donors (Lipinski definition) is 2. The van der Waals surface area contributed by atoms with E-state index in [2.05, 4.69) is 32.5 Å². The molecule has 0 bridgehead atoms. The van der Waals surface area contributed by atoms with Crippen molar-refractivity contribution in [3.8, 4) is 0 Å². The third-order valence-corrected chi connectivity index (χ3v) is 3.25. The number of nitrogen functional groups attached to an aromatic ring is 1. The van der Waals surface area contributed by atoms with Crippen molar-refractivity contribution in [3.05, 3.63) is 33.0 Å². The van der Waals surface area contributed by atoms with Crippen LogP contribution in [-0.4, -0.2) is 15.0 Å². The van der Waals surface area contributed by atoms with Crippen molar-refractivity contribution >= 4 is 29.5 Å². The van der Waals surface area contributed by atoms with Crippen molar-refractivity contribution in [2.75, 3.05) is 5.73 Å². The van der Waals surface area contributed by atoms with E-state index in [0.717, 1.165) is 25.1 Å². The van der Waals surface area contributed by atoms with Crippen molar-refractivity contribution in [3.63, 3.8) is 0 Å². The Morgan fingerprint density at radius 1 is 1.38 bits per heavy atom. The van der Waals surface area contributed by atoms with Gasteiger partial charge in [0.1, 0.15) is 5.82 Å². The van der Waals surface area contributed by atoms with Gasteiger partial charge in [-0.2, -0.15) is 4.98 Å². The van der Waals surface area contributed by atoms with Gasteiger partial charge in [0.15, 0.2) is 0 Å². The summed E-state index contributed by atoms with van der Waals surface area (Å²) >= 11 is 6.67. The Hall–Kier alpha value is -1.27. The molecule has 3 N–H and O–H groups in total. The number of aromatic nitrogens is 3. The Labute approximate surface area is 103 Å². The molecule has 0 aliphatic heterocycles. The lowest BCUT2D eigenvalue weighted by Gasteiger charge is -2.01. The monoisotopic (exact) mass is 252 g/mol. The number of hydrogen-bond acceptors (Lipinski definition) is 5. The van der Waals surface area contributed by atoms with Gasteiger partial charge < -0.3 is 10.7 Å². The van der Waals surface area contributed by atoms with Crippen molar-refractivity contribution in [1.82, 2.24) is 15.0 Å². The van der Waals surface area contributed by atoms with Gasteiger partial charge in [-0.05, 0) is 36.5 Å². The molecular weight excluding hydrogens is 240 g/mol. The van der Waals surface area contributed by atoms with Crippen LogP contribution in [0.1, 0.15) is 17.1 Å². The summed E-state index contributed by atoms with van der Waals surface area (Å²) in [6.45, 7) is 0. The van der Waals surface area contributed by atoms with Crippen molar-refractivity contribution in [2.45, 2.75) is 19.3 Å². The van der Waals surface area contributed by atoms with Crippen LogP contribution in [0.25, 0.3) is 0 Å². The van der Waals surface area contributed by atoms with Gasteiger partial charge in [-0.15, -0.1) is 11.3 Å². The van der Waals surface area contributed by atoms with Crippen molar-refractivity contribution in [2.24, 2.45) is 0 Å². The van der Waals surface area contributed by atoms with E-state index in [1.54, 1.807) is 11.3 Å². The highest BCUT2D eigenvalue weighted by atomic mass is 32.1. The van der Waals surface area contributed by atoms with Gasteiger partial charge in [0.25, 0.3) is 0 Å². The second-order valence-electron chi connectivity index (χ2n) is 3.40. The molecule has 0 aliphatic rings. The van der Waals surface area contributed by atoms with E-state index < -0.39 is 0 Å². The number of aromatic amines is 1. The summed E-state index contributed by atoms with van der Waals surface area (Å²) in [6.07, 6.45) is 2.93. The first-order chi connectivity index (χ1) is 7.74. The van der Waals surface area contributed by atoms with Gasteiger partial charge >= 0.3 is 0 Å². The van der Waals surface area contributed by atoms with Gasteiger partial charge in [-0.25, -0.2) is 4.98 Å². The summed E-state index contributed by atoms with van der Waals surface area (Å²) in [6, 6.07) is 4.21. The Kier molecular flexibility index (Phi) is 3.63. The standard InChI is InChI=1S/C10H12N4S2/c11-9-12-8(13-10(15)14-9)5-1-3-7-4-2-6-16-7/h2,4,6H,1,3,5H2,(H3,11,12,13,14,15). The fraction of sp³-hybridized carbons (Fsp3) is 0.300. The van der Waals surface area contributed by atoms with Gasteiger partial charge in [0.2, 0.25) is 10.7 Å². The predicted molar refractivity (Wildman–Crippen MR) is 68.0 cm³/mol. The molecular formula is C10H12N4S2. The summed E-state index contributed by atoms with van der Waals surface area (Å²) in [7, 11) is 0. The maximum absolute atomic E-state index is 5.55. The van der Waals surface area contributed by atoms with Crippen molar-refractivity contribution in [1.29, 1.82) is 0 Å². The third-order valence-electron chi connectivity index (χ3n) is 2.14. The second kappa shape index (κ2) is 5.18. The zero-order valence-corrected chi connectivity index (χ0v) is 10.3. The molecule has 6 heteroatoms. The molecule has 0 saturated heterocycles. The summed E-state index contributed by atoms with van der Waals surface area (Å²) < 4.78 is 0.308. The highest BCUT2D eigenvalue weighted by molar-refractivity contribution is 7.71. The second-order valence-corrected chi connectivity index (χ2v) is 4.79. The summed E-state index contributed by atoms with van der Waals surface area (Å²) in [5.74, 6) is 1.15. The smallest absolute Gasteiger partial charge is 0.224 e. The van der Waals surface area contributed by atoms with Crippen LogP contribution in [0.5, 0.6) is 0 Å². The van der Waals surface area contributed by atoms with Gasteiger partial charge in [0.05, 0.1) is 0 Å². The van der Waals surface area contributed by atoms with E-state index in [0.29, 0.717) is 10.7 Å². The Bertz CT molecular complexity index is 504. The molecule has 0 spiro atoms. The topological polar surface area (TPSA) is 67.6 Å². The summed E-state index contributed by atoms with van der Waals surface area (Å²) in [4.78, 5) is 12.3. The number of thiophene rings is 1. The highest BCUT2D eigenvalue weighted by Crippen LogP contribution is 2.12. The van der Waals surface area contributed by atoms with Gasteiger partial charge in [-0.3, -0.25) is 0 Å². The molecule has 0 radical (unpaired) electrons. The van der Waals surface area contributed by atoms with Crippen LogP contribution in [0.2, 0.25) is 0 Å². The number of nitrogens with one attached hydrogen (secondary N) is 1. The van der Waals surface area contributed by atoms with Crippen LogP contribution in [0, 0.1) is 4.77 Å². The zero-order valence-electron chi connectivity index (χ0n) is 8.64. The molecule has 2 aromatic heterocycles. The van der Waals surface area contributed by atoms with E-state index in [-0.39, 0.29) is 0 Å². The first kappa shape index (κ1) is 11.2. The number of nitrogens with two attached hydrogens (primary N) is 1. The number of anilines is 1. The Morgan fingerprint density at radius 3 is 2.94 bits per heavy atom. The molecule has 0 aromatic carbocycles. The third kappa shape index (κ3) is 3.11. The Balaban J connectivity index is 1.92. The molecule has 0 atom stereocenters.